The van der Waals surface area contributed by atoms with Crippen LogP contribution in [0.25, 0.3) is 0 Å². The molecule has 1 fully saturated rings. The number of rotatable bonds is 1. The Labute approximate surface area is 119 Å². The Morgan fingerprint density at radius 3 is 2.45 bits per heavy atom. The van der Waals surface area contributed by atoms with Crippen molar-refractivity contribution < 1.29 is 18.0 Å². The van der Waals surface area contributed by atoms with Gasteiger partial charge in [-0.3, -0.25) is 4.79 Å². The Morgan fingerprint density at radius 1 is 1.30 bits per heavy atom. The van der Waals surface area contributed by atoms with Gasteiger partial charge in [-0.2, -0.15) is 13.2 Å². The molecule has 0 atom stereocenters. The Balaban J connectivity index is 2.07. The molecule has 20 heavy (non-hydrogen) atoms. The smallest absolute Gasteiger partial charge is 0.391 e. The van der Waals surface area contributed by atoms with Crippen LogP contribution < -0.4 is 5.73 Å². The van der Waals surface area contributed by atoms with E-state index >= 15 is 0 Å². The van der Waals surface area contributed by atoms with Crippen molar-refractivity contribution in [2.45, 2.75) is 19.0 Å². The number of likely N-dealkylation sites (tertiary alicyclic amines) is 1. The SMILES string of the molecule is Nc1ccc(Cl)c(C(=O)N2CCC(C(F)(F)F)CC2)c1. The Kier molecular flexibility index (Phi) is 4.13. The van der Waals surface area contributed by atoms with E-state index < -0.39 is 12.1 Å². The van der Waals surface area contributed by atoms with E-state index in [1.54, 1.807) is 6.07 Å². The second-order valence-corrected chi connectivity index (χ2v) is 5.25. The van der Waals surface area contributed by atoms with Gasteiger partial charge in [0.1, 0.15) is 0 Å². The Hall–Kier alpha value is -1.43. The van der Waals surface area contributed by atoms with E-state index in [0.29, 0.717) is 5.69 Å². The number of halogens is 4. The van der Waals surface area contributed by atoms with E-state index in [9.17, 15) is 18.0 Å². The van der Waals surface area contributed by atoms with Crippen molar-refractivity contribution in [1.82, 2.24) is 4.90 Å². The lowest BCUT2D eigenvalue weighted by molar-refractivity contribution is -0.183. The Bertz CT molecular complexity index is 511. The number of alkyl halides is 3. The van der Waals surface area contributed by atoms with Crippen LogP contribution in [0.1, 0.15) is 23.2 Å². The first-order valence-electron chi connectivity index (χ1n) is 6.20. The van der Waals surface area contributed by atoms with Crippen molar-refractivity contribution in [2.75, 3.05) is 18.8 Å². The molecule has 1 aromatic rings. The molecule has 0 aliphatic carbocycles. The van der Waals surface area contributed by atoms with Crippen LogP contribution in [0.2, 0.25) is 5.02 Å². The summed E-state index contributed by atoms with van der Waals surface area (Å²) in [5.74, 6) is -1.70. The molecule has 1 saturated heterocycles. The quantitative estimate of drug-likeness (QED) is 0.809. The number of nitrogen functional groups attached to an aromatic ring is 1. The van der Waals surface area contributed by atoms with Gasteiger partial charge >= 0.3 is 6.18 Å². The summed E-state index contributed by atoms with van der Waals surface area (Å²) in [5, 5.41) is 0.252. The number of nitrogens with zero attached hydrogens (tertiary/aromatic N) is 1. The van der Waals surface area contributed by atoms with Crippen molar-refractivity contribution in [1.29, 1.82) is 0 Å². The number of carbonyl (C=O) groups excluding carboxylic acids is 1. The third-order valence-corrected chi connectivity index (χ3v) is 3.80. The molecule has 0 unspecified atom stereocenters. The van der Waals surface area contributed by atoms with Gasteiger partial charge in [-0.1, -0.05) is 11.6 Å². The first kappa shape index (κ1) is 15.0. The van der Waals surface area contributed by atoms with E-state index in [-0.39, 0.29) is 42.4 Å². The summed E-state index contributed by atoms with van der Waals surface area (Å²) in [7, 11) is 0. The first-order valence-corrected chi connectivity index (χ1v) is 6.58. The topological polar surface area (TPSA) is 46.3 Å². The van der Waals surface area contributed by atoms with Gasteiger partial charge in [0.15, 0.2) is 0 Å². The van der Waals surface area contributed by atoms with Gasteiger partial charge in [0.25, 0.3) is 5.91 Å². The van der Waals surface area contributed by atoms with Crippen molar-refractivity contribution >= 4 is 23.2 Å². The van der Waals surface area contributed by atoms with Crippen LogP contribution in [0, 0.1) is 5.92 Å². The van der Waals surface area contributed by atoms with E-state index in [1.165, 1.54) is 17.0 Å². The maximum atomic E-state index is 12.6. The molecule has 0 bridgehead atoms. The monoisotopic (exact) mass is 306 g/mol. The number of hydrogen-bond donors (Lipinski definition) is 1. The molecule has 0 spiro atoms. The summed E-state index contributed by atoms with van der Waals surface area (Å²) in [6, 6.07) is 4.52. The largest absolute Gasteiger partial charge is 0.399 e. The highest BCUT2D eigenvalue weighted by Crippen LogP contribution is 2.34. The molecule has 2 rings (SSSR count). The molecule has 1 aliphatic heterocycles. The minimum atomic E-state index is -4.19. The van der Waals surface area contributed by atoms with Crippen LogP contribution in [0.3, 0.4) is 0 Å². The normalized spacial score (nSPS) is 17.3. The molecule has 1 aromatic carbocycles. The number of amides is 1. The predicted molar refractivity (Wildman–Crippen MR) is 70.5 cm³/mol. The molecular formula is C13H14ClF3N2O. The summed E-state index contributed by atoms with van der Waals surface area (Å²) in [5.41, 5.74) is 6.22. The van der Waals surface area contributed by atoms with Gasteiger partial charge in [0.2, 0.25) is 0 Å². The molecule has 1 amide bonds. The van der Waals surface area contributed by atoms with E-state index in [0.717, 1.165) is 0 Å². The number of nitrogens with two attached hydrogens (primary N) is 1. The van der Waals surface area contributed by atoms with Crippen LogP contribution in [-0.4, -0.2) is 30.1 Å². The van der Waals surface area contributed by atoms with Gasteiger partial charge in [-0.05, 0) is 31.0 Å². The number of piperidine rings is 1. The summed E-state index contributed by atoms with van der Waals surface area (Å²) in [4.78, 5) is 13.6. The maximum absolute atomic E-state index is 12.6. The second kappa shape index (κ2) is 5.52. The van der Waals surface area contributed by atoms with E-state index in [4.69, 9.17) is 17.3 Å². The average Bonchev–Trinajstić information content (AvgIpc) is 2.40. The molecule has 3 nitrogen and oxygen atoms in total. The molecule has 0 aromatic heterocycles. The molecule has 1 heterocycles. The zero-order valence-corrected chi connectivity index (χ0v) is 11.3. The number of hydrogen-bond acceptors (Lipinski definition) is 2. The average molecular weight is 307 g/mol. The van der Waals surface area contributed by atoms with E-state index in [1.807, 2.05) is 0 Å². The number of benzene rings is 1. The zero-order valence-electron chi connectivity index (χ0n) is 10.6. The molecule has 7 heteroatoms. The standard InChI is InChI=1S/C13H14ClF3N2O/c14-11-2-1-9(18)7-10(11)12(20)19-5-3-8(4-6-19)13(15,16)17/h1-2,7-8H,3-6,18H2. The van der Waals surface area contributed by atoms with Gasteiger partial charge in [-0.15, -0.1) is 0 Å². The third-order valence-electron chi connectivity index (χ3n) is 3.47. The minimum absolute atomic E-state index is 0.0742. The van der Waals surface area contributed by atoms with Crippen LogP contribution in [0.15, 0.2) is 18.2 Å². The highest BCUT2D eigenvalue weighted by Gasteiger charge is 2.41. The van der Waals surface area contributed by atoms with Crippen LogP contribution in [0.5, 0.6) is 0 Å². The van der Waals surface area contributed by atoms with Crippen molar-refractivity contribution in [2.24, 2.45) is 5.92 Å². The van der Waals surface area contributed by atoms with Crippen LogP contribution in [-0.2, 0) is 0 Å². The highest BCUT2D eigenvalue weighted by molar-refractivity contribution is 6.34. The molecule has 1 aliphatic rings. The van der Waals surface area contributed by atoms with Crippen molar-refractivity contribution in [3.63, 3.8) is 0 Å². The lowest BCUT2D eigenvalue weighted by atomic mass is 9.96. The minimum Gasteiger partial charge on any atom is -0.399 e. The first-order chi connectivity index (χ1) is 9.29. The van der Waals surface area contributed by atoms with Gasteiger partial charge in [0.05, 0.1) is 16.5 Å². The molecule has 110 valence electrons. The molecular weight excluding hydrogens is 293 g/mol. The van der Waals surface area contributed by atoms with Crippen molar-refractivity contribution in [3.05, 3.63) is 28.8 Å². The summed E-state index contributed by atoms with van der Waals surface area (Å²) in [6.07, 6.45) is -4.34. The zero-order chi connectivity index (χ0) is 14.9. The Morgan fingerprint density at radius 2 is 1.90 bits per heavy atom. The number of carbonyl (C=O) groups is 1. The maximum Gasteiger partial charge on any atom is 0.391 e. The van der Waals surface area contributed by atoms with E-state index in [2.05, 4.69) is 0 Å². The lowest BCUT2D eigenvalue weighted by Gasteiger charge is -2.33. The lowest BCUT2D eigenvalue weighted by Crippen LogP contribution is -2.42. The predicted octanol–water partition coefficient (Wildman–Crippen LogP) is 3.34. The highest BCUT2D eigenvalue weighted by atomic mass is 35.5. The molecule has 0 radical (unpaired) electrons. The molecule has 0 saturated carbocycles. The van der Waals surface area contributed by atoms with Crippen LogP contribution in [0.4, 0.5) is 18.9 Å². The summed E-state index contributed by atoms with van der Waals surface area (Å²) in [6.45, 7) is 0.155. The summed E-state index contributed by atoms with van der Waals surface area (Å²) >= 11 is 5.93. The molecule has 2 N–H and O–H groups in total. The second-order valence-electron chi connectivity index (χ2n) is 4.85. The fourth-order valence-corrected chi connectivity index (χ4v) is 2.49. The van der Waals surface area contributed by atoms with Gasteiger partial charge < -0.3 is 10.6 Å². The van der Waals surface area contributed by atoms with Gasteiger partial charge in [-0.25, -0.2) is 0 Å². The van der Waals surface area contributed by atoms with Gasteiger partial charge in [0, 0.05) is 18.8 Å². The van der Waals surface area contributed by atoms with Crippen LogP contribution >= 0.6 is 11.6 Å². The fourth-order valence-electron chi connectivity index (χ4n) is 2.29. The fraction of sp³-hybridized carbons (Fsp3) is 0.462. The third kappa shape index (κ3) is 3.17. The van der Waals surface area contributed by atoms with Crippen molar-refractivity contribution in [3.8, 4) is 0 Å². The number of anilines is 1. The summed E-state index contributed by atoms with van der Waals surface area (Å²) < 4.78 is 37.7.